The number of nitrogen functional groups attached to an aromatic ring is 2. The molecule has 1 amide bonds. The van der Waals surface area contributed by atoms with Crippen molar-refractivity contribution in [3.63, 3.8) is 0 Å². The third kappa shape index (κ3) is 7.53. The van der Waals surface area contributed by atoms with Crippen LogP contribution in [0.15, 0.2) is 42.7 Å². The molecule has 4 aromatic rings. The number of hydrogen-bond donors (Lipinski definition) is 7. The Morgan fingerprint density at radius 1 is 0.952 bits per heavy atom. The highest BCUT2D eigenvalue weighted by Gasteiger charge is 2.20. The largest absolute Gasteiger partial charge is 0.480 e. The minimum atomic E-state index is -1.15. The van der Waals surface area contributed by atoms with Gasteiger partial charge in [0.15, 0.2) is 17.0 Å². The zero-order chi connectivity index (χ0) is 30.2. The van der Waals surface area contributed by atoms with Crippen molar-refractivity contribution in [1.29, 1.82) is 0 Å². The summed E-state index contributed by atoms with van der Waals surface area (Å²) in [7, 11) is 0. The van der Waals surface area contributed by atoms with Gasteiger partial charge >= 0.3 is 11.9 Å². The number of nitrogens with one attached hydrogen (secondary N) is 3. The molecule has 42 heavy (non-hydrogen) atoms. The molecule has 1 atom stereocenters. The van der Waals surface area contributed by atoms with E-state index in [1.54, 1.807) is 37.4 Å². The zero-order valence-electron chi connectivity index (χ0n) is 22.7. The second-order valence-electron chi connectivity index (χ2n) is 9.43. The summed E-state index contributed by atoms with van der Waals surface area (Å²) in [5.74, 6) is -2.35. The molecule has 0 aliphatic heterocycles. The number of amides is 1. The quantitative estimate of drug-likeness (QED) is 0.113. The average molecular weight is 575 g/mol. The normalized spacial score (nSPS) is 11.5. The number of benzene rings is 1. The summed E-state index contributed by atoms with van der Waals surface area (Å²) in [5.41, 5.74) is 14.5. The van der Waals surface area contributed by atoms with E-state index in [9.17, 15) is 24.6 Å². The fraction of sp³-hybridized carbons (Fsp3) is 0.259. The Bertz CT molecular complexity index is 1610. The molecule has 0 saturated carbocycles. The topological polar surface area (TPSA) is 244 Å². The van der Waals surface area contributed by atoms with Crippen molar-refractivity contribution in [2.45, 2.75) is 38.8 Å². The van der Waals surface area contributed by atoms with Gasteiger partial charge in [-0.3, -0.25) is 4.79 Å². The number of nitrogens with two attached hydrogens (primary N) is 2. The summed E-state index contributed by atoms with van der Waals surface area (Å²) in [6.07, 6.45) is 4.33. The van der Waals surface area contributed by atoms with Gasteiger partial charge in [-0.05, 0) is 62.1 Å². The number of aliphatic carboxylic acids is 1. The van der Waals surface area contributed by atoms with E-state index < -0.39 is 23.9 Å². The molecule has 3 aromatic heterocycles. The van der Waals surface area contributed by atoms with Crippen LogP contribution in [0, 0.1) is 6.92 Å². The van der Waals surface area contributed by atoms with Crippen LogP contribution in [0.5, 0.6) is 0 Å². The number of anilines is 4. The van der Waals surface area contributed by atoms with Crippen LogP contribution in [0.2, 0.25) is 0 Å². The Morgan fingerprint density at radius 2 is 1.71 bits per heavy atom. The van der Waals surface area contributed by atoms with Gasteiger partial charge in [0, 0.05) is 24.0 Å². The molecule has 15 heteroatoms. The van der Waals surface area contributed by atoms with Gasteiger partial charge in [-0.1, -0.05) is 0 Å². The van der Waals surface area contributed by atoms with Crippen LogP contribution in [-0.2, 0) is 11.3 Å². The maximum absolute atomic E-state index is 12.7. The van der Waals surface area contributed by atoms with Crippen LogP contribution in [0.3, 0.4) is 0 Å². The number of carboxylic acid groups (broad SMARTS) is 2. The fourth-order valence-electron chi connectivity index (χ4n) is 4.05. The van der Waals surface area contributed by atoms with Crippen LogP contribution >= 0.6 is 0 Å². The van der Waals surface area contributed by atoms with Gasteiger partial charge in [0.1, 0.15) is 17.4 Å². The Hall–Kier alpha value is -5.60. The van der Waals surface area contributed by atoms with Gasteiger partial charge in [0.05, 0.1) is 18.4 Å². The predicted molar refractivity (Wildman–Crippen MR) is 155 cm³/mol. The molecule has 0 radical (unpaired) electrons. The number of fused-ring (bicyclic) bond motifs is 1. The first-order valence-corrected chi connectivity index (χ1v) is 13.0. The lowest BCUT2D eigenvalue weighted by Gasteiger charge is -2.15. The third-order valence-corrected chi connectivity index (χ3v) is 6.19. The van der Waals surface area contributed by atoms with E-state index in [0.717, 1.165) is 5.56 Å². The van der Waals surface area contributed by atoms with Crippen LogP contribution < -0.4 is 27.4 Å². The van der Waals surface area contributed by atoms with E-state index >= 15 is 0 Å². The summed E-state index contributed by atoms with van der Waals surface area (Å²) in [5, 5.41) is 27.6. The van der Waals surface area contributed by atoms with Crippen molar-refractivity contribution in [3.05, 3.63) is 65.1 Å². The van der Waals surface area contributed by atoms with Crippen LogP contribution in [0.1, 0.15) is 51.2 Å². The first kappa shape index (κ1) is 29.4. The Labute approximate surface area is 239 Å². The number of aromatic nitrogens is 5. The number of carbonyl (C=O) groups is 3. The maximum atomic E-state index is 12.7. The van der Waals surface area contributed by atoms with Gasteiger partial charge in [0.25, 0.3) is 5.91 Å². The monoisotopic (exact) mass is 574 g/mol. The number of carboxylic acids is 2. The first-order chi connectivity index (χ1) is 20.1. The molecule has 3 heterocycles. The molecule has 1 unspecified atom stereocenters. The smallest absolute Gasteiger partial charge is 0.339 e. The number of unbranched alkanes of at least 4 members (excludes halogenated alkanes) is 1. The molecule has 218 valence electrons. The highest BCUT2D eigenvalue weighted by atomic mass is 16.4. The molecule has 9 N–H and O–H groups in total. The second-order valence-corrected chi connectivity index (χ2v) is 9.43. The van der Waals surface area contributed by atoms with Crippen molar-refractivity contribution in [1.82, 2.24) is 30.2 Å². The highest BCUT2D eigenvalue weighted by Crippen LogP contribution is 2.17. The molecule has 0 spiro atoms. The van der Waals surface area contributed by atoms with E-state index in [1.165, 1.54) is 12.3 Å². The fourth-order valence-corrected chi connectivity index (χ4v) is 4.05. The lowest BCUT2D eigenvalue weighted by atomic mass is 10.1. The Balaban J connectivity index is 1.25. The highest BCUT2D eigenvalue weighted by molar-refractivity contribution is 5.97. The average Bonchev–Trinajstić information content (AvgIpc) is 2.96. The number of rotatable bonds is 13. The van der Waals surface area contributed by atoms with Crippen molar-refractivity contribution in [3.8, 4) is 0 Å². The van der Waals surface area contributed by atoms with Crippen LogP contribution in [-0.4, -0.2) is 65.6 Å². The van der Waals surface area contributed by atoms with Crippen LogP contribution in [0.25, 0.3) is 11.2 Å². The van der Waals surface area contributed by atoms with Crippen molar-refractivity contribution >= 4 is 52.3 Å². The number of aromatic carboxylic acids is 1. The lowest BCUT2D eigenvalue weighted by Crippen LogP contribution is -2.40. The van der Waals surface area contributed by atoms with E-state index in [2.05, 4.69) is 40.9 Å². The Morgan fingerprint density at radius 3 is 2.43 bits per heavy atom. The van der Waals surface area contributed by atoms with E-state index in [0.29, 0.717) is 54.0 Å². The molecule has 0 aliphatic carbocycles. The molecule has 0 aliphatic rings. The summed E-state index contributed by atoms with van der Waals surface area (Å²) in [6, 6.07) is 6.98. The van der Waals surface area contributed by atoms with Crippen molar-refractivity contribution in [2.24, 2.45) is 0 Å². The number of carbonyl (C=O) groups excluding carboxylic acids is 1. The molecule has 4 rings (SSSR count). The van der Waals surface area contributed by atoms with E-state index in [-0.39, 0.29) is 29.6 Å². The first-order valence-electron chi connectivity index (χ1n) is 13.0. The van der Waals surface area contributed by atoms with Gasteiger partial charge < -0.3 is 37.6 Å². The number of aryl methyl sites for hydroxylation is 1. The van der Waals surface area contributed by atoms with Gasteiger partial charge in [-0.15, -0.1) is 0 Å². The zero-order valence-corrected chi connectivity index (χ0v) is 22.7. The molecular formula is C27H30N10O5. The molecule has 15 nitrogen and oxygen atoms in total. The van der Waals surface area contributed by atoms with Crippen molar-refractivity contribution in [2.75, 3.05) is 28.6 Å². The standard InChI is InChI=1S/C27H30N10O5/c1-14-10-18(25(39)40)22(32-11-14)30-9-3-2-4-19(26(41)42)35-24(38)15-5-7-16(8-6-15)31-12-17-13-33-23-20(34-17)21(28)36-27(29)37-23/h5-8,10-11,13,19,31H,2-4,9,12H2,1H3,(H,30,32)(H,35,38)(H,39,40)(H,41,42)(H4,28,29,33,36,37). The molecule has 0 fully saturated rings. The third-order valence-electron chi connectivity index (χ3n) is 6.19. The number of pyridine rings is 1. The number of hydrogen-bond acceptors (Lipinski definition) is 12. The van der Waals surface area contributed by atoms with Gasteiger partial charge in [-0.25, -0.2) is 24.5 Å². The van der Waals surface area contributed by atoms with Gasteiger partial charge in [0.2, 0.25) is 5.95 Å². The summed E-state index contributed by atoms with van der Waals surface area (Å²) < 4.78 is 0. The lowest BCUT2D eigenvalue weighted by molar-refractivity contribution is -0.139. The van der Waals surface area contributed by atoms with E-state index in [4.69, 9.17) is 11.5 Å². The minimum absolute atomic E-state index is 0.0144. The van der Waals surface area contributed by atoms with Crippen molar-refractivity contribution < 1.29 is 24.6 Å². The summed E-state index contributed by atoms with van der Waals surface area (Å²) in [6.45, 7) is 2.46. The summed E-state index contributed by atoms with van der Waals surface area (Å²) in [4.78, 5) is 56.5. The molecular weight excluding hydrogens is 544 g/mol. The number of nitrogens with zero attached hydrogens (tertiary/aromatic N) is 5. The molecule has 1 aromatic carbocycles. The van der Waals surface area contributed by atoms with Gasteiger partial charge in [-0.2, -0.15) is 9.97 Å². The minimum Gasteiger partial charge on any atom is -0.480 e. The van der Waals surface area contributed by atoms with Crippen LogP contribution in [0.4, 0.5) is 23.3 Å². The summed E-state index contributed by atoms with van der Waals surface area (Å²) >= 11 is 0. The van der Waals surface area contributed by atoms with E-state index in [1.807, 2.05) is 0 Å². The maximum Gasteiger partial charge on any atom is 0.339 e. The second kappa shape index (κ2) is 13.2. The molecule has 0 bridgehead atoms. The Kier molecular flexibility index (Phi) is 9.21. The SMILES string of the molecule is Cc1cnc(NCCCCC(NC(=O)c2ccc(NCc3cnc4nc(N)nc(N)c4n3)cc2)C(=O)O)c(C(=O)O)c1. The predicted octanol–water partition coefficient (Wildman–Crippen LogP) is 2.06. The molecule has 0 saturated heterocycles.